The molecule has 3 nitrogen and oxygen atoms in total. The van der Waals surface area contributed by atoms with Gasteiger partial charge in [0.1, 0.15) is 0 Å². The van der Waals surface area contributed by atoms with Crippen LogP contribution in [0.5, 0.6) is 0 Å². The zero-order chi connectivity index (χ0) is 9.90. The quantitative estimate of drug-likeness (QED) is 0.508. The number of hydrogen-bond acceptors (Lipinski definition) is 2. The van der Waals surface area contributed by atoms with E-state index in [9.17, 15) is 4.79 Å². The van der Waals surface area contributed by atoms with Crippen LogP contribution in [-0.2, 0) is 4.79 Å². The van der Waals surface area contributed by atoms with Gasteiger partial charge in [0.05, 0.1) is 5.66 Å². The van der Waals surface area contributed by atoms with Crippen molar-refractivity contribution >= 4 is 5.91 Å². The average molecular weight is 182 g/mol. The fourth-order valence-electron chi connectivity index (χ4n) is 1.47. The van der Waals surface area contributed by atoms with Crippen molar-refractivity contribution in [2.45, 2.75) is 38.8 Å². The number of amides is 1. The monoisotopic (exact) mass is 182 g/mol. The van der Waals surface area contributed by atoms with Gasteiger partial charge in [0, 0.05) is 19.3 Å². The summed E-state index contributed by atoms with van der Waals surface area (Å²) < 4.78 is 0. The Balaban J connectivity index is 2.35. The molecular formula is C10H18N2O. The van der Waals surface area contributed by atoms with Crippen molar-refractivity contribution in [1.82, 2.24) is 5.32 Å². The molecule has 1 rings (SSSR count). The molecule has 1 aliphatic carbocycles. The van der Waals surface area contributed by atoms with Gasteiger partial charge in [0.25, 0.3) is 0 Å². The molecular weight excluding hydrogens is 164 g/mol. The topological polar surface area (TPSA) is 55.1 Å². The summed E-state index contributed by atoms with van der Waals surface area (Å²) in [5.41, 5.74) is 5.43. The fraction of sp³-hybridized carbons (Fsp3) is 0.700. The molecule has 1 aliphatic rings. The van der Waals surface area contributed by atoms with Crippen LogP contribution in [0.3, 0.4) is 0 Å². The fourth-order valence-corrected chi connectivity index (χ4v) is 1.47. The maximum absolute atomic E-state index is 11.4. The summed E-state index contributed by atoms with van der Waals surface area (Å²) >= 11 is 0. The highest BCUT2D eigenvalue weighted by Crippen LogP contribution is 2.17. The Morgan fingerprint density at radius 1 is 1.54 bits per heavy atom. The summed E-state index contributed by atoms with van der Waals surface area (Å²) in [6, 6.07) is 0. The third-order valence-electron chi connectivity index (χ3n) is 2.11. The van der Waals surface area contributed by atoms with Crippen LogP contribution in [0.4, 0.5) is 0 Å². The van der Waals surface area contributed by atoms with Gasteiger partial charge in [-0.15, -0.1) is 0 Å². The number of hydrogen-bond donors (Lipinski definition) is 2. The van der Waals surface area contributed by atoms with Gasteiger partial charge in [0.2, 0.25) is 5.91 Å². The Morgan fingerprint density at radius 3 is 2.54 bits per heavy atom. The molecule has 0 radical (unpaired) electrons. The summed E-state index contributed by atoms with van der Waals surface area (Å²) in [5, 5.41) is 2.86. The highest BCUT2D eigenvalue weighted by atomic mass is 16.1. The molecule has 0 aromatic heterocycles. The second kappa shape index (κ2) is 3.92. The maximum Gasteiger partial charge on any atom is 0.221 e. The minimum atomic E-state index is -0.508. The molecule has 0 heterocycles. The molecule has 0 aromatic carbocycles. The van der Waals surface area contributed by atoms with E-state index in [2.05, 4.69) is 5.32 Å². The van der Waals surface area contributed by atoms with Crippen molar-refractivity contribution < 1.29 is 4.79 Å². The van der Waals surface area contributed by atoms with Crippen LogP contribution in [0, 0.1) is 5.92 Å². The van der Waals surface area contributed by atoms with Gasteiger partial charge in [0.15, 0.2) is 0 Å². The summed E-state index contributed by atoms with van der Waals surface area (Å²) in [4.78, 5) is 11.4. The van der Waals surface area contributed by atoms with E-state index in [0.717, 1.165) is 12.8 Å². The highest BCUT2D eigenvalue weighted by molar-refractivity contribution is 5.77. The summed E-state index contributed by atoms with van der Waals surface area (Å²) in [5.74, 6) is 0.444. The molecule has 0 saturated carbocycles. The summed E-state index contributed by atoms with van der Waals surface area (Å²) in [6.45, 7) is 4.05. The SMILES string of the molecule is CC(C)CC(=O)NC1(N)CC=CC1. The molecule has 0 saturated heterocycles. The van der Waals surface area contributed by atoms with E-state index < -0.39 is 5.66 Å². The predicted octanol–water partition coefficient (Wildman–Crippen LogP) is 1.15. The molecule has 0 aliphatic heterocycles. The Bertz CT molecular complexity index is 213. The molecule has 13 heavy (non-hydrogen) atoms. The Morgan fingerprint density at radius 2 is 2.08 bits per heavy atom. The van der Waals surface area contributed by atoms with E-state index in [1.807, 2.05) is 26.0 Å². The van der Waals surface area contributed by atoms with Crippen LogP contribution in [-0.4, -0.2) is 11.6 Å². The van der Waals surface area contributed by atoms with Gasteiger partial charge in [-0.1, -0.05) is 26.0 Å². The molecule has 0 fully saturated rings. The lowest BCUT2D eigenvalue weighted by Gasteiger charge is -2.25. The van der Waals surface area contributed by atoms with E-state index in [1.165, 1.54) is 0 Å². The predicted molar refractivity (Wildman–Crippen MR) is 52.9 cm³/mol. The van der Waals surface area contributed by atoms with Crippen molar-refractivity contribution in [3.8, 4) is 0 Å². The van der Waals surface area contributed by atoms with E-state index in [0.29, 0.717) is 12.3 Å². The van der Waals surface area contributed by atoms with Gasteiger partial charge in [-0.05, 0) is 5.92 Å². The van der Waals surface area contributed by atoms with E-state index >= 15 is 0 Å². The summed E-state index contributed by atoms with van der Waals surface area (Å²) in [6.07, 6.45) is 6.07. The molecule has 3 N–H and O–H groups in total. The second-order valence-corrected chi connectivity index (χ2v) is 4.18. The van der Waals surface area contributed by atoms with Gasteiger partial charge in [-0.25, -0.2) is 0 Å². The Hall–Kier alpha value is -0.830. The van der Waals surface area contributed by atoms with Gasteiger partial charge >= 0.3 is 0 Å². The molecule has 0 unspecified atom stereocenters. The number of carbonyl (C=O) groups is 1. The Kier molecular flexibility index (Phi) is 3.09. The van der Waals surface area contributed by atoms with Crippen LogP contribution in [0.1, 0.15) is 33.1 Å². The minimum absolute atomic E-state index is 0.0567. The van der Waals surface area contributed by atoms with Crippen molar-refractivity contribution in [3.05, 3.63) is 12.2 Å². The smallest absolute Gasteiger partial charge is 0.221 e. The average Bonchev–Trinajstić information content (AvgIpc) is 2.33. The molecule has 0 atom stereocenters. The number of nitrogens with one attached hydrogen (secondary N) is 1. The molecule has 0 aromatic rings. The van der Waals surface area contributed by atoms with Crippen molar-refractivity contribution in [2.24, 2.45) is 11.7 Å². The normalized spacial score (nSPS) is 19.4. The third-order valence-corrected chi connectivity index (χ3v) is 2.11. The Labute approximate surface area is 79.4 Å². The zero-order valence-corrected chi connectivity index (χ0v) is 8.34. The van der Waals surface area contributed by atoms with Gasteiger partial charge in [-0.2, -0.15) is 0 Å². The van der Waals surface area contributed by atoms with E-state index in [1.54, 1.807) is 0 Å². The highest BCUT2D eigenvalue weighted by Gasteiger charge is 2.27. The molecule has 1 amide bonds. The lowest BCUT2D eigenvalue weighted by atomic mass is 10.1. The van der Waals surface area contributed by atoms with Gasteiger partial charge < -0.3 is 11.1 Å². The zero-order valence-electron chi connectivity index (χ0n) is 8.34. The first kappa shape index (κ1) is 10.3. The van der Waals surface area contributed by atoms with Crippen LogP contribution in [0.15, 0.2) is 12.2 Å². The first-order chi connectivity index (χ1) is 6.02. The van der Waals surface area contributed by atoms with Crippen LogP contribution in [0.2, 0.25) is 0 Å². The molecule has 3 heteroatoms. The number of carbonyl (C=O) groups excluding carboxylic acids is 1. The first-order valence-electron chi connectivity index (χ1n) is 4.77. The van der Waals surface area contributed by atoms with Crippen molar-refractivity contribution in [3.63, 3.8) is 0 Å². The van der Waals surface area contributed by atoms with E-state index in [4.69, 9.17) is 5.73 Å². The standard InChI is InChI=1S/C10H18N2O/c1-8(2)7-9(13)12-10(11)5-3-4-6-10/h3-4,8H,5-7,11H2,1-2H3,(H,12,13). The van der Waals surface area contributed by atoms with Crippen LogP contribution in [0.25, 0.3) is 0 Å². The molecule has 0 spiro atoms. The van der Waals surface area contributed by atoms with Crippen LogP contribution < -0.4 is 11.1 Å². The number of nitrogens with two attached hydrogens (primary N) is 1. The van der Waals surface area contributed by atoms with Crippen molar-refractivity contribution in [2.75, 3.05) is 0 Å². The lowest BCUT2D eigenvalue weighted by molar-refractivity contribution is -0.123. The number of rotatable bonds is 3. The largest absolute Gasteiger partial charge is 0.338 e. The minimum Gasteiger partial charge on any atom is -0.338 e. The summed E-state index contributed by atoms with van der Waals surface area (Å²) in [7, 11) is 0. The first-order valence-corrected chi connectivity index (χ1v) is 4.77. The van der Waals surface area contributed by atoms with Gasteiger partial charge in [-0.3, -0.25) is 4.79 Å². The molecule has 0 bridgehead atoms. The second-order valence-electron chi connectivity index (χ2n) is 4.18. The van der Waals surface area contributed by atoms with E-state index in [-0.39, 0.29) is 5.91 Å². The van der Waals surface area contributed by atoms with Crippen LogP contribution >= 0.6 is 0 Å². The lowest BCUT2D eigenvalue weighted by Crippen LogP contribution is -2.54. The third kappa shape index (κ3) is 3.19. The van der Waals surface area contributed by atoms with Crippen molar-refractivity contribution in [1.29, 1.82) is 0 Å². The molecule has 74 valence electrons. The maximum atomic E-state index is 11.4.